The lowest BCUT2D eigenvalue weighted by Crippen LogP contribution is -2.31. The summed E-state index contributed by atoms with van der Waals surface area (Å²) in [5, 5.41) is 0. The molecule has 4 unspecified atom stereocenters. The van der Waals surface area contributed by atoms with Crippen molar-refractivity contribution in [2.75, 3.05) is 0 Å². The number of hydrogen-bond donors (Lipinski definition) is 0. The first-order chi connectivity index (χ1) is 11.4. The Hall–Kier alpha value is -1.32. The topological polar surface area (TPSA) is 68.3 Å². The van der Waals surface area contributed by atoms with Crippen LogP contribution in [-0.2, 0) is 19.2 Å². The van der Waals surface area contributed by atoms with Gasteiger partial charge in [-0.15, -0.1) is 0 Å². The molecule has 0 aromatic carbocycles. The van der Waals surface area contributed by atoms with Gasteiger partial charge in [-0.1, -0.05) is 13.8 Å². The summed E-state index contributed by atoms with van der Waals surface area (Å²) in [6.45, 7) is 4.18. The van der Waals surface area contributed by atoms with E-state index in [1.54, 1.807) is 0 Å². The number of unbranched alkanes of at least 4 members (excludes halogenated alkanes) is 1. The van der Waals surface area contributed by atoms with Crippen LogP contribution >= 0.6 is 0 Å². The molecule has 0 aromatic heterocycles. The van der Waals surface area contributed by atoms with E-state index in [9.17, 15) is 19.2 Å². The number of hydrogen-bond acceptors (Lipinski definition) is 4. The smallest absolute Gasteiger partial charge is 0.143 e. The van der Waals surface area contributed by atoms with Crippen LogP contribution in [0.2, 0.25) is 0 Å². The minimum atomic E-state index is -0.412. The number of carbonyl (C=O) groups is 4. The highest BCUT2D eigenvalue weighted by atomic mass is 16.2. The second kappa shape index (κ2) is 8.68. The fourth-order valence-electron chi connectivity index (χ4n) is 4.00. The molecule has 134 valence electrons. The molecule has 4 nitrogen and oxygen atoms in total. The van der Waals surface area contributed by atoms with Gasteiger partial charge in [-0.05, 0) is 50.4 Å². The molecule has 2 saturated carbocycles. The quantitative estimate of drug-likeness (QED) is 0.526. The molecule has 0 spiro atoms. The first-order valence-corrected chi connectivity index (χ1v) is 9.49. The minimum Gasteiger partial charge on any atom is -0.299 e. The summed E-state index contributed by atoms with van der Waals surface area (Å²) in [6.07, 6.45) is 6.25. The van der Waals surface area contributed by atoms with Gasteiger partial charge in [-0.3, -0.25) is 19.2 Å². The zero-order valence-corrected chi connectivity index (χ0v) is 15.0. The Bertz CT molecular complexity index is 462. The molecule has 2 rings (SSSR count). The highest BCUT2D eigenvalue weighted by molar-refractivity contribution is 6.03. The van der Waals surface area contributed by atoms with Crippen molar-refractivity contribution < 1.29 is 19.2 Å². The van der Waals surface area contributed by atoms with E-state index in [2.05, 4.69) is 13.8 Å². The SMILES string of the molecule is CC1CCC(=O)C(C(=O)CCCCC(=O)C2CC(C)CCC2=O)C1. The molecule has 0 bridgehead atoms. The third-order valence-electron chi connectivity index (χ3n) is 5.69. The van der Waals surface area contributed by atoms with Crippen LogP contribution < -0.4 is 0 Å². The van der Waals surface area contributed by atoms with Gasteiger partial charge in [0.1, 0.15) is 23.1 Å². The number of ketones is 4. The third-order valence-corrected chi connectivity index (χ3v) is 5.69. The lowest BCUT2D eigenvalue weighted by atomic mass is 9.77. The highest BCUT2D eigenvalue weighted by Crippen LogP contribution is 2.29. The second-order valence-electron chi connectivity index (χ2n) is 7.94. The molecule has 24 heavy (non-hydrogen) atoms. The lowest BCUT2D eigenvalue weighted by molar-refractivity contribution is -0.137. The maximum Gasteiger partial charge on any atom is 0.143 e. The van der Waals surface area contributed by atoms with E-state index in [0.717, 1.165) is 12.8 Å². The summed E-state index contributed by atoms with van der Waals surface area (Å²) in [5.41, 5.74) is 0. The second-order valence-corrected chi connectivity index (χ2v) is 7.94. The van der Waals surface area contributed by atoms with E-state index in [4.69, 9.17) is 0 Å². The van der Waals surface area contributed by atoms with Crippen LogP contribution in [0, 0.1) is 23.7 Å². The summed E-state index contributed by atoms with van der Waals surface area (Å²) < 4.78 is 0. The van der Waals surface area contributed by atoms with Crippen molar-refractivity contribution in [1.82, 2.24) is 0 Å². The lowest BCUT2D eigenvalue weighted by Gasteiger charge is -2.25. The maximum absolute atomic E-state index is 12.2. The largest absolute Gasteiger partial charge is 0.299 e. The Morgan fingerprint density at radius 2 is 1.17 bits per heavy atom. The molecule has 0 aliphatic heterocycles. The van der Waals surface area contributed by atoms with Crippen molar-refractivity contribution in [3.05, 3.63) is 0 Å². The first-order valence-electron chi connectivity index (χ1n) is 9.49. The zero-order chi connectivity index (χ0) is 17.7. The molecule has 2 aliphatic carbocycles. The molecule has 2 aliphatic rings. The van der Waals surface area contributed by atoms with Crippen LogP contribution in [-0.4, -0.2) is 23.1 Å². The average Bonchev–Trinajstić information content (AvgIpc) is 2.55. The van der Waals surface area contributed by atoms with Gasteiger partial charge in [0.25, 0.3) is 0 Å². The normalized spacial score (nSPS) is 31.1. The van der Waals surface area contributed by atoms with Crippen molar-refractivity contribution in [3.8, 4) is 0 Å². The highest BCUT2D eigenvalue weighted by Gasteiger charge is 2.33. The average molecular weight is 334 g/mol. The summed E-state index contributed by atoms with van der Waals surface area (Å²) >= 11 is 0. The van der Waals surface area contributed by atoms with Crippen LogP contribution in [0.3, 0.4) is 0 Å². The maximum atomic E-state index is 12.2. The Morgan fingerprint density at radius 3 is 1.54 bits per heavy atom. The molecule has 4 heteroatoms. The molecule has 4 atom stereocenters. The standard InChI is InChI=1S/C20H30O4/c1-13-7-9-19(23)15(11-13)17(21)5-3-4-6-18(22)16-12-14(2)8-10-20(16)24/h13-16H,3-12H2,1-2H3. The predicted octanol–water partition coefficient (Wildman–Crippen LogP) is 3.70. The molecule has 0 amide bonds. The Morgan fingerprint density at radius 1 is 0.792 bits per heavy atom. The van der Waals surface area contributed by atoms with Gasteiger partial charge in [0.15, 0.2) is 0 Å². The monoisotopic (exact) mass is 334 g/mol. The molecular formula is C20H30O4. The third kappa shape index (κ3) is 5.09. The van der Waals surface area contributed by atoms with Crippen molar-refractivity contribution >= 4 is 23.1 Å². The summed E-state index contributed by atoms with van der Waals surface area (Å²) in [4.78, 5) is 48.2. The van der Waals surface area contributed by atoms with Gasteiger partial charge in [-0.25, -0.2) is 0 Å². The fraction of sp³-hybridized carbons (Fsp3) is 0.800. The Kier molecular flexibility index (Phi) is 6.88. The number of rotatable bonds is 7. The van der Waals surface area contributed by atoms with Gasteiger partial charge in [0.05, 0.1) is 11.8 Å². The van der Waals surface area contributed by atoms with Crippen LogP contribution in [0.5, 0.6) is 0 Å². The molecule has 0 N–H and O–H groups in total. The number of Topliss-reactive ketones (excluding diaryl/α,β-unsaturated/α-hetero) is 4. The van der Waals surface area contributed by atoms with Gasteiger partial charge in [0, 0.05) is 25.7 Å². The van der Waals surface area contributed by atoms with Crippen LogP contribution in [0.1, 0.15) is 78.1 Å². The number of carbonyl (C=O) groups excluding carboxylic acids is 4. The van der Waals surface area contributed by atoms with Crippen molar-refractivity contribution in [2.24, 2.45) is 23.7 Å². The molecule has 0 heterocycles. The van der Waals surface area contributed by atoms with Crippen LogP contribution in [0.25, 0.3) is 0 Å². The summed E-state index contributed by atoms with van der Waals surface area (Å²) in [5.74, 6) is 0.333. The summed E-state index contributed by atoms with van der Waals surface area (Å²) in [7, 11) is 0. The molecule has 0 aromatic rings. The Balaban J connectivity index is 1.70. The van der Waals surface area contributed by atoms with E-state index in [1.807, 2.05) is 0 Å². The fourth-order valence-corrected chi connectivity index (χ4v) is 4.00. The van der Waals surface area contributed by atoms with Gasteiger partial charge >= 0.3 is 0 Å². The van der Waals surface area contributed by atoms with Crippen LogP contribution in [0.15, 0.2) is 0 Å². The van der Waals surface area contributed by atoms with Crippen molar-refractivity contribution in [2.45, 2.75) is 78.1 Å². The molecule has 0 saturated heterocycles. The Labute approximate surface area is 144 Å². The molecular weight excluding hydrogens is 304 g/mol. The van der Waals surface area contributed by atoms with E-state index < -0.39 is 11.8 Å². The molecule has 0 radical (unpaired) electrons. The van der Waals surface area contributed by atoms with Crippen molar-refractivity contribution in [3.63, 3.8) is 0 Å². The van der Waals surface area contributed by atoms with E-state index in [0.29, 0.717) is 63.2 Å². The molecule has 2 fully saturated rings. The van der Waals surface area contributed by atoms with E-state index >= 15 is 0 Å². The van der Waals surface area contributed by atoms with Gasteiger partial charge in [-0.2, -0.15) is 0 Å². The minimum absolute atomic E-state index is 0.0429. The predicted molar refractivity (Wildman–Crippen MR) is 91.5 cm³/mol. The van der Waals surface area contributed by atoms with E-state index in [-0.39, 0.29) is 23.1 Å². The first kappa shape index (κ1) is 19.0. The van der Waals surface area contributed by atoms with Crippen molar-refractivity contribution in [1.29, 1.82) is 0 Å². The zero-order valence-electron chi connectivity index (χ0n) is 15.0. The van der Waals surface area contributed by atoms with E-state index in [1.165, 1.54) is 0 Å². The van der Waals surface area contributed by atoms with Gasteiger partial charge < -0.3 is 0 Å². The summed E-state index contributed by atoms with van der Waals surface area (Å²) in [6, 6.07) is 0. The van der Waals surface area contributed by atoms with Crippen LogP contribution in [0.4, 0.5) is 0 Å². The van der Waals surface area contributed by atoms with Gasteiger partial charge in [0.2, 0.25) is 0 Å².